The molecular formula is C18H22F3NO3. The van der Waals surface area contributed by atoms with Gasteiger partial charge in [-0.2, -0.15) is 8.78 Å². The first-order valence-electron chi connectivity index (χ1n) is 8.14. The lowest BCUT2D eigenvalue weighted by Gasteiger charge is -2.23. The molecule has 2 rings (SSSR count). The molecule has 1 atom stereocenters. The van der Waals surface area contributed by atoms with E-state index in [2.05, 4.69) is 5.32 Å². The number of carbonyl (C=O) groups excluding carboxylic acids is 2. The number of alkyl carbamates (subject to hydrolysis) is 1. The average Bonchev–Trinajstić information content (AvgIpc) is 3.28. The maximum atomic E-state index is 14.6. The van der Waals surface area contributed by atoms with Crippen LogP contribution in [0, 0.1) is 11.7 Å². The zero-order valence-electron chi connectivity index (χ0n) is 14.7. The molecule has 1 aromatic rings. The molecule has 0 bridgehead atoms. The Balaban J connectivity index is 2.22. The lowest BCUT2D eigenvalue weighted by atomic mass is 9.96. The topological polar surface area (TPSA) is 55.4 Å². The first-order chi connectivity index (χ1) is 11.4. The van der Waals surface area contributed by atoms with Crippen LogP contribution in [0.2, 0.25) is 0 Å². The number of benzene rings is 1. The molecule has 1 aromatic carbocycles. The van der Waals surface area contributed by atoms with E-state index in [4.69, 9.17) is 4.74 Å². The highest BCUT2D eigenvalue weighted by Gasteiger charge is 2.50. The first kappa shape index (κ1) is 19.3. The molecule has 0 aliphatic heterocycles. The highest BCUT2D eigenvalue weighted by atomic mass is 19.3. The molecule has 0 saturated heterocycles. The maximum Gasteiger partial charge on any atom is 0.408 e. The SMILES string of the molecule is C[C@@H](NC(=O)OC(C)(C)C)c1cccc(C(F)(F)C(=O)C2CC2)c1F. The number of ketones is 1. The minimum Gasteiger partial charge on any atom is -0.444 e. The number of halogens is 3. The number of amides is 1. The Morgan fingerprint density at radius 3 is 2.36 bits per heavy atom. The molecule has 1 amide bonds. The quantitative estimate of drug-likeness (QED) is 0.845. The van der Waals surface area contributed by atoms with Crippen molar-refractivity contribution in [3.05, 3.63) is 35.1 Å². The molecule has 1 fully saturated rings. The minimum atomic E-state index is -3.88. The van der Waals surface area contributed by atoms with E-state index < -0.39 is 46.7 Å². The third-order valence-corrected chi connectivity index (χ3v) is 3.82. The number of alkyl halides is 2. The molecule has 0 unspecified atom stereocenters. The number of carbonyl (C=O) groups is 2. The van der Waals surface area contributed by atoms with Gasteiger partial charge in [-0.15, -0.1) is 0 Å². The summed E-state index contributed by atoms with van der Waals surface area (Å²) in [6.07, 6.45) is 0.0317. The maximum absolute atomic E-state index is 14.6. The molecule has 0 spiro atoms. The predicted octanol–water partition coefficient (Wildman–Crippen LogP) is 4.48. The second-order valence-electron chi connectivity index (χ2n) is 7.29. The molecule has 1 aliphatic rings. The van der Waals surface area contributed by atoms with Crippen LogP contribution in [0.4, 0.5) is 18.0 Å². The number of Topliss-reactive ketones (excluding diaryl/α,β-unsaturated/α-hetero) is 1. The summed E-state index contributed by atoms with van der Waals surface area (Å²) < 4.78 is 48.4. The van der Waals surface area contributed by atoms with Crippen molar-refractivity contribution >= 4 is 11.9 Å². The molecule has 1 N–H and O–H groups in total. The largest absolute Gasteiger partial charge is 0.444 e. The normalized spacial score (nSPS) is 16.3. The van der Waals surface area contributed by atoms with Crippen LogP contribution in [0.3, 0.4) is 0 Å². The van der Waals surface area contributed by atoms with Gasteiger partial charge in [0.25, 0.3) is 0 Å². The average molecular weight is 357 g/mol. The fraction of sp³-hybridized carbons (Fsp3) is 0.556. The van der Waals surface area contributed by atoms with Crippen LogP contribution in [-0.2, 0) is 15.5 Å². The molecule has 7 heteroatoms. The summed E-state index contributed by atoms with van der Waals surface area (Å²) >= 11 is 0. The van der Waals surface area contributed by atoms with E-state index in [-0.39, 0.29) is 5.56 Å². The second kappa shape index (κ2) is 6.69. The summed E-state index contributed by atoms with van der Waals surface area (Å²) in [5, 5.41) is 2.41. The zero-order chi connectivity index (χ0) is 19.0. The van der Waals surface area contributed by atoms with Crippen LogP contribution in [0.25, 0.3) is 0 Å². The van der Waals surface area contributed by atoms with Crippen LogP contribution in [0.5, 0.6) is 0 Å². The van der Waals surface area contributed by atoms with E-state index in [1.165, 1.54) is 19.1 Å². The summed E-state index contributed by atoms with van der Waals surface area (Å²) in [5.41, 5.74) is -1.83. The fourth-order valence-corrected chi connectivity index (χ4v) is 2.42. The van der Waals surface area contributed by atoms with Gasteiger partial charge in [-0.05, 0) is 46.6 Å². The van der Waals surface area contributed by atoms with Gasteiger partial charge >= 0.3 is 12.0 Å². The molecule has 0 heterocycles. The molecule has 0 aromatic heterocycles. The highest BCUT2D eigenvalue weighted by molar-refractivity contribution is 5.90. The Morgan fingerprint density at radius 2 is 1.84 bits per heavy atom. The van der Waals surface area contributed by atoms with Crippen LogP contribution >= 0.6 is 0 Å². The van der Waals surface area contributed by atoms with E-state index in [9.17, 15) is 22.8 Å². The molecule has 4 nitrogen and oxygen atoms in total. The van der Waals surface area contributed by atoms with Crippen molar-refractivity contribution in [3.63, 3.8) is 0 Å². The Morgan fingerprint density at radius 1 is 1.24 bits per heavy atom. The van der Waals surface area contributed by atoms with Crippen molar-refractivity contribution in [2.24, 2.45) is 5.92 Å². The van der Waals surface area contributed by atoms with Crippen molar-refractivity contribution in [1.82, 2.24) is 5.32 Å². The summed E-state index contributed by atoms with van der Waals surface area (Å²) in [4.78, 5) is 23.6. The van der Waals surface area contributed by atoms with Gasteiger partial charge in [0, 0.05) is 11.5 Å². The minimum absolute atomic E-state index is 0.133. The zero-order valence-corrected chi connectivity index (χ0v) is 14.7. The summed E-state index contributed by atoms with van der Waals surface area (Å²) in [7, 11) is 0. The van der Waals surface area contributed by atoms with Crippen LogP contribution in [0.15, 0.2) is 18.2 Å². The predicted molar refractivity (Wildman–Crippen MR) is 85.8 cm³/mol. The van der Waals surface area contributed by atoms with Gasteiger partial charge in [0.1, 0.15) is 11.4 Å². The standard InChI is InChI=1S/C18H22F3NO3/c1-10(22-16(24)25-17(2,3)4)12-6-5-7-13(14(12)19)18(20,21)15(23)11-8-9-11/h5-7,10-11H,8-9H2,1-4H3,(H,22,24)/t10-/m1/s1. The Bertz CT molecular complexity index is 679. The number of hydrogen-bond donors (Lipinski definition) is 1. The van der Waals surface area contributed by atoms with Crippen molar-refractivity contribution in [1.29, 1.82) is 0 Å². The van der Waals surface area contributed by atoms with E-state index in [1.807, 2.05) is 0 Å². The van der Waals surface area contributed by atoms with Gasteiger partial charge in [0.2, 0.25) is 5.78 Å². The third kappa shape index (κ3) is 4.52. The van der Waals surface area contributed by atoms with Gasteiger partial charge in [0.05, 0.1) is 11.6 Å². The number of hydrogen-bond acceptors (Lipinski definition) is 3. The van der Waals surface area contributed by atoms with Gasteiger partial charge in [-0.1, -0.05) is 12.1 Å². The molecular weight excluding hydrogens is 335 g/mol. The van der Waals surface area contributed by atoms with Crippen LogP contribution in [0.1, 0.15) is 57.7 Å². The molecule has 138 valence electrons. The Kier molecular flexibility index (Phi) is 5.16. The second-order valence-corrected chi connectivity index (χ2v) is 7.29. The Labute approximate surface area is 144 Å². The number of rotatable bonds is 5. The van der Waals surface area contributed by atoms with E-state index in [0.29, 0.717) is 12.8 Å². The Hall–Kier alpha value is -2.05. The summed E-state index contributed by atoms with van der Waals surface area (Å²) in [6.45, 7) is 6.46. The number of nitrogens with one attached hydrogen (secondary N) is 1. The molecule has 1 aliphatic carbocycles. The van der Waals surface area contributed by atoms with E-state index in [0.717, 1.165) is 6.07 Å². The molecule has 25 heavy (non-hydrogen) atoms. The van der Waals surface area contributed by atoms with Crippen molar-refractivity contribution < 1.29 is 27.5 Å². The van der Waals surface area contributed by atoms with Crippen LogP contribution < -0.4 is 5.32 Å². The third-order valence-electron chi connectivity index (χ3n) is 3.82. The molecule has 0 radical (unpaired) electrons. The van der Waals surface area contributed by atoms with Gasteiger partial charge < -0.3 is 10.1 Å². The van der Waals surface area contributed by atoms with Crippen molar-refractivity contribution in [2.75, 3.05) is 0 Å². The van der Waals surface area contributed by atoms with Gasteiger partial charge in [-0.3, -0.25) is 4.79 Å². The fourth-order valence-electron chi connectivity index (χ4n) is 2.42. The van der Waals surface area contributed by atoms with Crippen molar-refractivity contribution in [2.45, 2.75) is 58.1 Å². The monoisotopic (exact) mass is 357 g/mol. The van der Waals surface area contributed by atoms with Gasteiger partial charge in [-0.25, -0.2) is 9.18 Å². The number of ether oxygens (including phenoxy) is 1. The summed E-state index contributed by atoms with van der Waals surface area (Å²) in [6, 6.07) is 2.54. The smallest absolute Gasteiger partial charge is 0.408 e. The first-order valence-corrected chi connectivity index (χ1v) is 8.14. The van der Waals surface area contributed by atoms with Crippen molar-refractivity contribution in [3.8, 4) is 0 Å². The lowest BCUT2D eigenvalue weighted by molar-refractivity contribution is -0.146. The highest BCUT2D eigenvalue weighted by Crippen LogP contribution is 2.42. The lowest BCUT2D eigenvalue weighted by Crippen LogP contribution is -2.35. The van der Waals surface area contributed by atoms with Gasteiger partial charge in [0.15, 0.2) is 0 Å². The van der Waals surface area contributed by atoms with E-state index >= 15 is 0 Å². The van der Waals surface area contributed by atoms with E-state index in [1.54, 1.807) is 20.8 Å². The van der Waals surface area contributed by atoms with Crippen LogP contribution in [-0.4, -0.2) is 17.5 Å². The summed E-state index contributed by atoms with van der Waals surface area (Å²) in [5.74, 6) is -7.02. The molecule has 1 saturated carbocycles.